The van der Waals surface area contributed by atoms with E-state index in [1.165, 1.54) is 16.8 Å². The molecule has 0 aromatic heterocycles. The fraction of sp³-hybridized carbons (Fsp3) is 0.364. The lowest BCUT2D eigenvalue weighted by molar-refractivity contribution is 0.0697. The monoisotopic (exact) mass is 365 g/mol. The fourth-order valence-corrected chi connectivity index (χ4v) is 3.74. The predicted molar refractivity (Wildman–Crippen MR) is 111 cm³/mol. The first-order valence-electron chi connectivity index (χ1n) is 9.20. The summed E-state index contributed by atoms with van der Waals surface area (Å²) in [5.41, 5.74) is 9.05. The molecule has 2 N–H and O–H groups in total. The van der Waals surface area contributed by atoms with E-state index < -0.39 is 5.97 Å². The molecule has 0 saturated carbocycles. The highest BCUT2D eigenvalue weighted by molar-refractivity contribution is 5.88. The van der Waals surface area contributed by atoms with Crippen molar-refractivity contribution in [2.24, 2.45) is 5.10 Å². The van der Waals surface area contributed by atoms with Gasteiger partial charge in [0.25, 0.3) is 0 Å². The molecule has 1 heterocycles. The standard InChI is InChI=1S/C22H27N3O2/c1-14-10-20-19(15(2)12-22(3,4)25(20)5)11-17(14)13-23-24-18-8-6-16(7-9-18)21(26)27/h6-11,13,15,24H,12H2,1-5H3,(H,26,27)/b23-13-. The summed E-state index contributed by atoms with van der Waals surface area (Å²) < 4.78 is 0. The first-order chi connectivity index (χ1) is 12.7. The molecular formula is C22H27N3O2. The molecule has 2 aromatic rings. The molecule has 0 aliphatic carbocycles. The highest BCUT2D eigenvalue weighted by Gasteiger charge is 2.34. The van der Waals surface area contributed by atoms with Gasteiger partial charge in [0, 0.05) is 18.3 Å². The lowest BCUT2D eigenvalue weighted by Crippen LogP contribution is -2.45. The van der Waals surface area contributed by atoms with Crippen LogP contribution in [0.2, 0.25) is 0 Å². The third-order valence-electron chi connectivity index (χ3n) is 5.55. The van der Waals surface area contributed by atoms with Gasteiger partial charge in [-0.05, 0) is 86.2 Å². The van der Waals surface area contributed by atoms with Crippen LogP contribution >= 0.6 is 0 Å². The maximum atomic E-state index is 10.9. The van der Waals surface area contributed by atoms with Gasteiger partial charge < -0.3 is 10.0 Å². The number of fused-ring (bicyclic) bond motifs is 1. The van der Waals surface area contributed by atoms with Crippen molar-refractivity contribution >= 4 is 23.6 Å². The van der Waals surface area contributed by atoms with Gasteiger partial charge in [-0.3, -0.25) is 5.43 Å². The van der Waals surface area contributed by atoms with E-state index in [0.29, 0.717) is 5.92 Å². The summed E-state index contributed by atoms with van der Waals surface area (Å²) in [5.74, 6) is -0.438. The summed E-state index contributed by atoms with van der Waals surface area (Å²) in [6.45, 7) is 8.96. The van der Waals surface area contributed by atoms with Crippen molar-refractivity contribution in [2.45, 2.75) is 45.6 Å². The molecular weight excluding hydrogens is 338 g/mol. The van der Waals surface area contributed by atoms with Crippen LogP contribution in [0.15, 0.2) is 41.5 Å². The number of nitrogens with zero attached hydrogens (tertiary/aromatic N) is 2. The van der Waals surface area contributed by atoms with E-state index in [0.717, 1.165) is 17.7 Å². The zero-order valence-electron chi connectivity index (χ0n) is 16.6. The normalized spacial score (nSPS) is 18.4. The van der Waals surface area contributed by atoms with Crippen LogP contribution < -0.4 is 10.3 Å². The number of hydrogen-bond donors (Lipinski definition) is 2. The van der Waals surface area contributed by atoms with Crippen LogP contribution in [0.3, 0.4) is 0 Å². The molecule has 1 aliphatic rings. The van der Waals surface area contributed by atoms with Crippen molar-refractivity contribution in [1.82, 2.24) is 0 Å². The van der Waals surface area contributed by atoms with Crippen molar-refractivity contribution in [3.63, 3.8) is 0 Å². The highest BCUT2D eigenvalue weighted by atomic mass is 16.4. The van der Waals surface area contributed by atoms with Crippen LogP contribution in [0.5, 0.6) is 0 Å². The third-order valence-corrected chi connectivity index (χ3v) is 5.55. The molecule has 27 heavy (non-hydrogen) atoms. The van der Waals surface area contributed by atoms with E-state index in [9.17, 15) is 4.79 Å². The molecule has 0 fully saturated rings. The Hall–Kier alpha value is -2.82. The molecule has 1 aliphatic heterocycles. The second-order valence-electron chi connectivity index (χ2n) is 8.00. The summed E-state index contributed by atoms with van der Waals surface area (Å²) in [5, 5.41) is 13.3. The highest BCUT2D eigenvalue weighted by Crippen LogP contribution is 2.43. The number of carboxylic acids is 1. The molecule has 0 spiro atoms. The first kappa shape index (κ1) is 19.0. The molecule has 2 aromatic carbocycles. The summed E-state index contributed by atoms with van der Waals surface area (Å²) >= 11 is 0. The SMILES string of the molecule is Cc1cc2c(cc1/C=N\Nc1ccc(C(=O)O)cc1)C(C)CC(C)(C)N2C. The topological polar surface area (TPSA) is 64.9 Å². The van der Waals surface area contributed by atoms with E-state index in [1.54, 1.807) is 24.3 Å². The maximum Gasteiger partial charge on any atom is 0.335 e. The van der Waals surface area contributed by atoms with E-state index in [2.05, 4.69) is 62.3 Å². The van der Waals surface area contributed by atoms with Gasteiger partial charge in [-0.25, -0.2) is 4.79 Å². The Morgan fingerprint density at radius 2 is 1.96 bits per heavy atom. The quantitative estimate of drug-likeness (QED) is 0.600. The number of hydrazone groups is 1. The zero-order valence-corrected chi connectivity index (χ0v) is 16.6. The average molecular weight is 365 g/mol. The van der Waals surface area contributed by atoms with Gasteiger partial charge in [0.1, 0.15) is 0 Å². The largest absolute Gasteiger partial charge is 0.478 e. The lowest BCUT2D eigenvalue weighted by atomic mass is 9.79. The second kappa shape index (κ2) is 7.06. The van der Waals surface area contributed by atoms with Gasteiger partial charge >= 0.3 is 5.97 Å². The van der Waals surface area contributed by atoms with Gasteiger partial charge in [-0.2, -0.15) is 5.10 Å². The van der Waals surface area contributed by atoms with Gasteiger partial charge in [-0.15, -0.1) is 0 Å². The van der Waals surface area contributed by atoms with Crippen LogP contribution in [0.1, 0.15) is 60.2 Å². The predicted octanol–water partition coefficient (Wildman–Crippen LogP) is 4.86. The molecule has 5 heteroatoms. The number of aryl methyl sites for hydroxylation is 1. The molecule has 5 nitrogen and oxygen atoms in total. The van der Waals surface area contributed by atoms with Crippen molar-refractivity contribution in [3.05, 3.63) is 58.7 Å². The fourth-order valence-electron chi connectivity index (χ4n) is 3.74. The maximum absolute atomic E-state index is 10.9. The number of carbonyl (C=O) groups is 1. The average Bonchev–Trinajstić information content (AvgIpc) is 2.61. The second-order valence-corrected chi connectivity index (χ2v) is 8.00. The molecule has 142 valence electrons. The molecule has 1 atom stereocenters. The molecule has 0 amide bonds. The van der Waals surface area contributed by atoms with E-state index in [1.807, 2.05) is 6.21 Å². The molecule has 0 saturated heterocycles. The number of aromatic carboxylic acids is 1. The van der Waals surface area contributed by atoms with Gasteiger partial charge in [0.05, 0.1) is 17.5 Å². The number of rotatable bonds is 4. The Kier molecular flexibility index (Phi) is 4.96. The molecule has 1 unspecified atom stereocenters. The molecule has 3 rings (SSSR count). The van der Waals surface area contributed by atoms with E-state index >= 15 is 0 Å². The minimum Gasteiger partial charge on any atom is -0.478 e. The summed E-state index contributed by atoms with van der Waals surface area (Å²) in [7, 11) is 2.17. The third kappa shape index (κ3) is 3.82. The Morgan fingerprint density at radius 1 is 1.30 bits per heavy atom. The van der Waals surface area contributed by atoms with Crippen molar-refractivity contribution in [1.29, 1.82) is 0 Å². The summed E-state index contributed by atoms with van der Waals surface area (Å²) in [6, 6.07) is 11.0. The number of anilines is 2. The Balaban J connectivity index is 1.81. The van der Waals surface area contributed by atoms with E-state index in [4.69, 9.17) is 5.11 Å². The number of hydrogen-bond acceptors (Lipinski definition) is 4. The van der Waals surface area contributed by atoms with Gasteiger partial charge in [0.15, 0.2) is 0 Å². The smallest absolute Gasteiger partial charge is 0.335 e. The summed E-state index contributed by atoms with van der Waals surface area (Å²) in [6.07, 6.45) is 2.94. The minimum atomic E-state index is -0.933. The summed E-state index contributed by atoms with van der Waals surface area (Å²) in [4.78, 5) is 13.3. The van der Waals surface area contributed by atoms with E-state index in [-0.39, 0.29) is 11.1 Å². The Labute approximate surface area is 160 Å². The van der Waals surface area contributed by atoms with Crippen LogP contribution in [-0.4, -0.2) is 29.9 Å². The molecule has 0 radical (unpaired) electrons. The molecule has 0 bridgehead atoms. The minimum absolute atomic E-state index is 0.151. The van der Waals surface area contributed by atoms with Crippen LogP contribution in [0.4, 0.5) is 11.4 Å². The Morgan fingerprint density at radius 3 is 2.59 bits per heavy atom. The van der Waals surface area contributed by atoms with Gasteiger partial charge in [0.2, 0.25) is 0 Å². The number of benzene rings is 2. The van der Waals surface area contributed by atoms with Gasteiger partial charge in [-0.1, -0.05) is 6.92 Å². The van der Waals surface area contributed by atoms with Crippen LogP contribution in [0, 0.1) is 6.92 Å². The Bertz CT molecular complexity index is 885. The zero-order chi connectivity index (χ0) is 19.8. The van der Waals surface area contributed by atoms with Crippen molar-refractivity contribution < 1.29 is 9.90 Å². The van der Waals surface area contributed by atoms with Crippen LogP contribution in [-0.2, 0) is 0 Å². The van der Waals surface area contributed by atoms with Crippen molar-refractivity contribution in [2.75, 3.05) is 17.4 Å². The number of carboxylic acid groups (broad SMARTS) is 1. The lowest BCUT2D eigenvalue weighted by Gasteiger charge is -2.45. The first-order valence-corrected chi connectivity index (χ1v) is 9.20. The van der Waals surface area contributed by atoms with Crippen molar-refractivity contribution in [3.8, 4) is 0 Å². The number of nitrogens with one attached hydrogen (secondary N) is 1. The van der Waals surface area contributed by atoms with Crippen LogP contribution in [0.25, 0.3) is 0 Å².